The molecule has 0 fully saturated rings. The minimum Gasteiger partial charge on any atom is -0.479 e. The predicted molar refractivity (Wildman–Crippen MR) is 99.5 cm³/mol. The average molecular weight is 418 g/mol. The zero-order chi connectivity index (χ0) is 22.6. The van der Waals surface area contributed by atoms with Crippen LogP contribution in [0.5, 0.6) is 0 Å². The molecule has 0 saturated heterocycles. The summed E-state index contributed by atoms with van der Waals surface area (Å²) in [6.07, 6.45) is -3.99. The number of esters is 2. The Morgan fingerprint density at radius 3 is 1.45 bits per heavy atom. The lowest BCUT2D eigenvalue weighted by Gasteiger charge is -2.23. The summed E-state index contributed by atoms with van der Waals surface area (Å²) >= 11 is 0. The van der Waals surface area contributed by atoms with Crippen molar-refractivity contribution >= 4 is 29.7 Å². The van der Waals surface area contributed by atoms with Crippen molar-refractivity contribution in [3.05, 3.63) is 0 Å². The van der Waals surface area contributed by atoms with Crippen LogP contribution in [-0.2, 0) is 33.4 Å². The van der Waals surface area contributed by atoms with E-state index in [0.29, 0.717) is 13.1 Å². The van der Waals surface area contributed by atoms with Gasteiger partial charge in [-0.1, -0.05) is 0 Å². The number of carbonyl (C=O) groups excluding carboxylic acids is 4. The zero-order valence-corrected chi connectivity index (χ0v) is 17.1. The van der Waals surface area contributed by atoms with E-state index >= 15 is 0 Å². The van der Waals surface area contributed by atoms with Crippen LogP contribution >= 0.6 is 0 Å². The SMILES string of the molecule is CCNC(=O)CC(C)OC(=O)CC(O)(CC(=O)OC(C)CC(=O)NCC)C(=O)O. The lowest BCUT2D eigenvalue weighted by molar-refractivity contribution is -0.176. The molecule has 0 aliphatic heterocycles. The summed E-state index contributed by atoms with van der Waals surface area (Å²) in [6, 6.07) is 0. The Bertz CT molecular complexity index is 564. The number of rotatable bonds is 13. The van der Waals surface area contributed by atoms with E-state index < -0.39 is 48.6 Å². The van der Waals surface area contributed by atoms with Gasteiger partial charge in [0.2, 0.25) is 11.8 Å². The molecule has 0 radical (unpaired) electrons. The maximum Gasteiger partial charge on any atom is 0.336 e. The first-order valence-electron chi connectivity index (χ1n) is 9.31. The molecule has 0 aliphatic rings. The highest BCUT2D eigenvalue weighted by Crippen LogP contribution is 2.19. The average Bonchev–Trinajstić information content (AvgIpc) is 2.53. The first-order valence-corrected chi connectivity index (χ1v) is 9.31. The van der Waals surface area contributed by atoms with Crippen molar-refractivity contribution in [3.8, 4) is 0 Å². The number of hydrogen-bond donors (Lipinski definition) is 4. The molecule has 0 aromatic heterocycles. The van der Waals surface area contributed by atoms with Gasteiger partial charge in [-0.15, -0.1) is 0 Å². The molecule has 2 atom stereocenters. The van der Waals surface area contributed by atoms with Gasteiger partial charge < -0.3 is 30.3 Å². The lowest BCUT2D eigenvalue weighted by Crippen LogP contribution is -2.44. The quantitative estimate of drug-likeness (QED) is 0.288. The van der Waals surface area contributed by atoms with Crippen LogP contribution in [0.3, 0.4) is 0 Å². The fourth-order valence-corrected chi connectivity index (χ4v) is 2.37. The summed E-state index contributed by atoms with van der Waals surface area (Å²) < 4.78 is 9.85. The molecule has 11 nitrogen and oxygen atoms in total. The number of aliphatic hydroxyl groups is 1. The van der Waals surface area contributed by atoms with Gasteiger partial charge >= 0.3 is 17.9 Å². The maximum atomic E-state index is 12.0. The summed E-state index contributed by atoms with van der Waals surface area (Å²) in [4.78, 5) is 58.2. The third-order valence-corrected chi connectivity index (χ3v) is 3.63. The van der Waals surface area contributed by atoms with Crippen LogP contribution in [0.1, 0.15) is 53.4 Å². The summed E-state index contributed by atoms with van der Waals surface area (Å²) in [7, 11) is 0. The van der Waals surface area contributed by atoms with Crippen LogP contribution < -0.4 is 10.6 Å². The largest absolute Gasteiger partial charge is 0.479 e. The molecule has 0 spiro atoms. The lowest BCUT2D eigenvalue weighted by atomic mass is 9.95. The van der Waals surface area contributed by atoms with Crippen molar-refractivity contribution in [3.63, 3.8) is 0 Å². The van der Waals surface area contributed by atoms with Gasteiger partial charge in [0.1, 0.15) is 12.2 Å². The zero-order valence-electron chi connectivity index (χ0n) is 17.1. The molecular weight excluding hydrogens is 388 g/mol. The highest BCUT2D eigenvalue weighted by Gasteiger charge is 2.42. The number of carboxylic acids is 1. The molecule has 0 aromatic rings. The van der Waals surface area contributed by atoms with Gasteiger partial charge in [0, 0.05) is 13.1 Å². The molecule has 4 N–H and O–H groups in total. The number of ether oxygens (including phenoxy) is 2. The second kappa shape index (κ2) is 12.7. The van der Waals surface area contributed by atoms with Gasteiger partial charge in [0.25, 0.3) is 0 Å². The van der Waals surface area contributed by atoms with Gasteiger partial charge in [-0.25, -0.2) is 4.79 Å². The van der Waals surface area contributed by atoms with E-state index in [2.05, 4.69) is 10.6 Å². The van der Waals surface area contributed by atoms with Gasteiger partial charge in [0.15, 0.2) is 5.60 Å². The van der Waals surface area contributed by atoms with E-state index in [4.69, 9.17) is 9.47 Å². The van der Waals surface area contributed by atoms with E-state index in [0.717, 1.165) is 0 Å². The van der Waals surface area contributed by atoms with Gasteiger partial charge in [-0.2, -0.15) is 0 Å². The second-order valence-electron chi connectivity index (χ2n) is 6.61. The standard InChI is InChI=1S/C18H30N2O9/c1-5-19-13(21)7-11(3)28-15(23)9-18(27,17(25)26)10-16(24)29-12(4)8-14(22)20-6-2/h11-12,27H,5-10H2,1-4H3,(H,19,21)(H,20,22)(H,25,26). The van der Waals surface area contributed by atoms with E-state index in [-0.39, 0.29) is 24.7 Å². The summed E-state index contributed by atoms with van der Waals surface area (Å²) in [5, 5.41) is 24.5. The minimum absolute atomic E-state index is 0.134. The number of aliphatic carboxylic acids is 1. The molecular formula is C18H30N2O9. The van der Waals surface area contributed by atoms with Gasteiger partial charge in [-0.05, 0) is 27.7 Å². The minimum atomic E-state index is -2.75. The molecule has 2 unspecified atom stereocenters. The van der Waals surface area contributed by atoms with Crippen molar-refractivity contribution in [2.45, 2.75) is 71.2 Å². The summed E-state index contributed by atoms with van der Waals surface area (Å²) in [6.45, 7) is 7.11. The van der Waals surface area contributed by atoms with Gasteiger partial charge in [-0.3, -0.25) is 19.2 Å². The molecule has 0 rings (SSSR count). The first-order chi connectivity index (χ1) is 13.4. The first kappa shape index (κ1) is 26.3. The van der Waals surface area contributed by atoms with Crippen molar-refractivity contribution in [1.29, 1.82) is 0 Å². The van der Waals surface area contributed by atoms with Crippen LogP contribution in [0, 0.1) is 0 Å². The van der Waals surface area contributed by atoms with E-state index in [1.54, 1.807) is 13.8 Å². The van der Waals surface area contributed by atoms with Crippen molar-refractivity contribution in [2.75, 3.05) is 13.1 Å². The fourth-order valence-electron chi connectivity index (χ4n) is 2.37. The van der Waals surface area contributed by atoms with Crippen molar-refractivity contribution in [1.82, 2.24) is 10.6 Å². The Kier molecular flexibility index (Phi) is 11.5. The normalized spacial score (nSPS) is 14.7. The van der Waals surface area contributed by atoms with E-state index in [1.165, 1.54) is 13.8 Å². The number of carboxylic acid groups (broad SMARTS) is 1. The Hall–Kier alpha value is -2.69. The van der Waals surface area contributed by atoms with Crippen LogP contribution in [0.4, 0.5) is 0 Å². The second-order valence-corrected chi connectivity index (χ2v) is 6.61. The van der Waals surface area contributed by atoms with Crippen LogP contribution in [0.15, 0.2) is 0 Å². The Balaban J connectivity index is 4.77. The Morgan fingerprint density at radius 2 is 1.17 bits per heavy atom. The Morgan fingerprint density at radius 1 is 0.828 bits per heavy atom. The molecule has 29 heavy (non-hydrogen) atoms. The van der Waals surface area contributed by atoms with Crippen molar-refractivity contribution in [2.24, 2.45) is 0 Å². The molecule has 0 aliphatic carbocycles. The third-order valence-electron chi connectivity index (χ3n) is 3.63. The topological polar surface area (TPSA) is 168 Å². The highest BCUT2D eigenvalue weighted by atomic mass is 16.6. The molecule has 166 valence electrons. The maximum absolute atomic E-state index is 12.0. The third kappa shape index (κ3) is 11.0. The number of amides is 2. The number of carbonyl (C=O) groups is 5. The summed E-state index contributed by atoms with van der Waals surface area (Å²) in [5.74, 6) is -4.69. The Labute approximate surface area is 169 Å². The van der Waals surface area contributed by atoms with Gasteiger partial charge in [0.05, 0.1) is 25.7 Å². The van der Waals surface area contributed by atoms with Crippen LogP contribution in [-0.4, -0.2) is 70.8 Å². The predicted octanol–water partition coefficient (Wildman–Crippen LogP) is -0.502. The van der Waals surface area contributed by atoms with E-state index in [1.807, 2.05) is 0 Å². The monoisotopic (exact) mass is 418 g/mol. The molecule has 11 heteroatoms. The van der Waals surface area contributed by atoms with Crippen LogP contribution in [0.2, 0.25) is 0 Å². The summed E-state index contributed by atoms with van der Waals surface area (Å²) in [5.41, 5.74) is -2.75. The molecule has 2 amide bonds. The van der Waals surface area contributed by atoms with Crippen LogP contribution in [0.25, 0.3) is 0 Å². The van der Waals surface area contributed by atoms with E-state index in [9.17, 15) is 34.2 Å². The fraction of sp³-hybridized carbons (Fsp3) is 0.722. The molecule has 0 heterocycles. The highest BCUT2D eigenvalue weighted by molar-refractivity contribution is 5.89. The molecule has 0 aromatic carbocycles. The number of nitrogens with one attached hydrogen (secondary N) is 2. The molecule has 0 saturated carbocycles. The smallest absolute Gasteiger partial charge is 0.336 e. The number of hydrogen-bond acceptors (Lipinski definition) is 8. The van der Waals surface area contributed by atoms with Crippen molar-refractivity contribution < 1.29 is 43.7 Å². The molecule has 0 bridgehead atoms.